The summed E-state index contributed by atoms with van der Waals surface area (Å²) in [5.41, 5.74) is 4.14. The Morgan fingerprint density at radius 3 is 1.87 bits per heavy atom. The van der Waals surface area contributed by atoms with Crippen LogP contribution in [-0.2, 0) is 0 Å². The zero-order valence-electron chi connectivity index (χ0n) is 22.2. The molecule has 1 saturated heterocycles. The highest BCUT2D eigenvalue weighted by atomic mass is 16.3. The number of aromatic hydroxyl groups is 1. The molecule has 0 radical (unpaired) electrons. The Morgan fingerprint density at radius 2 is 1.29 bits per heavy atom. The number of phenolic OH excluding ortho intramolecular Hbond substituents is 1. The zero-order chi connectivity index (χ0) is 26.6. The van der Waals surface area contributed by atoms with Gasteiger partial charge in [-0.15, -0.1) is 0 Å². The van der Waals surface area contributed by atoms with Crippen LogP contribution < -0.4 is 20.8 Å². The number of phenols is 1. The van der Waals surface area contributed by atoms with Gasteiger partial charge >= 0.3 is 5.69 Å². The van der Waals surface area contributed by atoms with Crippen molar-refractivity contribution in [2.24, 2.45) is 0 Å². The Bertz CT molecular complexity index is 1370. The smallest absolute Gasteiger partial charge is 0.350 e. The second kappa shape index (κ2) is 11.1. The van der Waals surface area contributed by atoms with Gasteiger partial charge in [0.25, 0.3) is 0 Å². The quantitative estimate of drug-likeness (QED) is 0.365. The van der Waals surface area contributed by atoms with Crippen LogP contribution in [0.15, 0.2) is 90.0 Å². The SMILES string of the molecule is C[C@H]([C@@H](C)N[C@H](C)c1ccccc1)n1ncn(-c2ccc(N3CCN(c4ccc(O)cc4)CC3)cc2)c1=O. The van der Waals surface area contributed by atoms with E-state index in [-0.39, 0.29) is 29.6 Å². The minimum Gasteiger partial charge on any atom is -0.508 e. The van der Waals surface area contributed by atoms with E-state index in [1.54, 1.807) is 27.7 Å². The van der Waals surface area contributed by atoms with Crippen LogP contribution in [0.4, 0.5) is 11.4 Å². The molecule has 2 heterocycles. The first-order valence-corrected chi connectivity index (χ1v) is 13.3. The highest BCUT2D eigenvalue weighted by molar-refractivity contribution is 5.54. The van der Waals surface area contributed by atoms with Gasteiger partial charge in [0.2, 0.25) is 0 Å². The van der Waals surface area contributed by atoms with E-state index in [1.807, 2.05) is 49.4 Å². The lowest BCUT2D eigenvalue weighted by molar-refractivity contribution is 0.334. The molecule has 1 aromatic heterocycles. The van der Waals surface area contributed by atoms with Crippen LogP contribution >= 0.6 is 0 Å². The average molecular weight is 513 g/mol. The van der Waals surface area contributed by atoms with Crippen molar-refractivity contribution < 1.29 is 5.11 Å². The fourth-order valence-electron chi connectivity index (χ4n) is 5.07. The van der Waals surface area contributed by atoms with Gasteiger partial charge in [0.1, 0.15) is 12.1 Å². The third-order valence-corrected chi connectivity index (χ3v) is 7.60. The number of rotatable bonds is 8. The van der Waals surface area contributed by atoms with E-state index in [9.17, 15) is 9.90 Å². The standard InChI is InChI=1S/C30H36N6O2/c1-22(32-23(2)25-7-5-4-6-8-25)24(3)36-30(38)35(21-31-36)28-11-9-26(10-12-28)33-17-19-34(20-18-33)27-13-15-29(37)16-14-27/h4-16,21-24,32,37H,17-20H2,1-3H3/t22-,23-,24-/m1/s1. The van der Waals surface area contributed by atoms with Crippen LogP contribution in [0, 0.1) is 0 Å². The van der Waals surface area contributed by atoms with Crippen molar-refractivity contribution in [3.05, 3.63) is 101 Å². The highest BCUT2D eigenvalue weighted by Crippen LogP contribution is 2.23. The largest absolute Gasteiger partial charge is 0.508 e. The normalized spacial score (nSPS) is 16.3. The fourth-order valence-corrected chi connectivity index (χ4v) is 5.07. The predicted octanol–water partition coefficient (Wildman–Crippen LogP) is 4.37. The number of nitrogens with one attached hydrogen (secondary N) is 1. The lowest BCUT2D eigenvalue weighted by Gasteiger charge is -2.37. The summed E-state index contributed by atoms with van der Waals surface area (Å²) in [6, 6.07) is 25.9. The number of nitrogens with zero attached hydrogens (tertiary/aromatic N) is 5. The van der Waals surface area contributed by atoms with Crippen molar-refractivity contribution in [3.8, 4) is 11.4 Å². The molecule has 1 aliphatic rings. The molecule has 0 saturated carbocycles. The van der Waals surface area contributed by atoms with Crippen LogP contribution in [0.1, 0.15) is 38.4 Å². The van der Waals surface area contributed by atoms with E-state index in [1.165, 1.54) is 5.56 Å². The molecule has 0 aliphatic carbocycles. The highest BCUT2D eigenvalue weighted by Gasteiger charge is 2.21. The number of piperazine rings is 1. The van der Waals surface area contributed by atoms with Gasteiger partial charge in [-0.1, -0.05) is 30.3 Å². The summed E-state index contributed by atoms with van der Waals surface area (Å²) in [6.07, 6.45) is 1.61. The summed E-state index contributed by atoms with van der Waals surface area (Å²) >= 11 is 0. The first-order chi connectivity index (χ1) is 18.4. The minimum absolute atomic E-state index is 0.0499. The lowest BCUT2D eigenvalue weighted by Crippen LogP contribution is -2.46. The van der Waals surface area contributed by atoms with Crippen LogP contribution in [0.5, 0.6) is 5.75 Å². The Morgan fingerprint density at radius 1 is 0.763 bits per heavy atom. The average Bonchev–Trinajstić information content (AvgIpc) is 3.34. The molecule has 4 aromatic rings. The molecule has 198 valence electrons. The van der Waals surface area contributed by atoms with Crippen molar-refractivity contribution in [1.82, 2.24) is 19.7 Å². The van der Waals surface area contributed by atoms with Gasteiger partial charge < -0.3 is 20.2 Å². The molecular weight excluding hydrogens is 476 g/mol. The predicted molar refractivity (Wildman–Crippen MR) is 153 cm³/mol. The molecule has 0 unspecified atom stereocenters. The molecule has 1 aliphatic heterocycles. The van der Waals surface area contributed by atoms with E-state index in [4.69, 9.17) is 0 Å². The van der Waals surface area contributed by atoms with Gasteiger partial charge in [-0.2, -0.15) is 5.10 Å². The van der Waals surface area contributed by atoms with E-state index in [0.29, 0.717) is 0 Å². The summed E-state index contributed by atoms with van der Waals surface area (Å²) in [5.74, 6) is 0.287. The van der Waals surface area contributed by atoms with Crippen LogP contribution in [0.25, 0.3) is 5.69 Å². The fraction of sp³-hybridized carbons (Fsp3) is 0.333. The summed E-state index contributed by atoms with van der Waals surface area (Å²) < 4.78 is 3.17. The maximum Gasteiger partial charge on any atom is 0.350 e. The Balaban J connectivity index is 1.22. The molecule has 38 heavy (non-hydrogen) atoms. The van der Waals surface area contributed by atoms with Crippen LogP contribution in [-0.4, -0.2) is 51.7 Å². The molecule has 3 atom stereocenters. The third kappa shape index (κ3) is 5.45. The molecule has 8 nitrogen and oxygen atoms in total. The second-order valence-electron chi connectivity index (χ2n) is 10.1. The summed E-state index contributed by atoms with van der Waals surface area (Å²) in [6.45, 7) is 9.87. The molecule has 1 fully saturated rings. The summed E-state index contributed by atoms with van der Waals surface area (Å²) in [4.78, 5) is 17.9. The van der Waals surface area contributed by atoms with Gasteiger partial charge in [-0.3, -0.25) is 0 Å². The van der Waals surface area contributed by atoms with Gasteiger partial charge in [0.05, 0.1) is 11.7 Å². The lowest BCUT2D eigenvalue weighted by atomic mass is 10.1. The summed E-state index contributed by atoms with van der Waals surface area (Å²) in [7, 11) is 0. The third-order valence-electron chi connectivity index (χ3n) is 7.60. The van der Waals surface area contributed by atoms with Gasteiger partial charge in [-0.25, -0.2) is 14.0 Å². The first-order valence-electron chi connectivity index (χ1n) is 13.3. The Kier molecular flexibility index (Phi) is 7.51. The molecule has 0 spiro atoms. The Hall–Kier alpha value is -4.04. The Labute approximate surface area is 223 Å². The van der Waals surface area contributed by atoms with Crippen LogP contribution in [0.3, 0.4) is 0 Å². The molecule has 0 amide bonds. The van der Waals surface area contributed by atoms with Crippen molar-refractivity contribution >= 4 is 11.4 Å². The summed E-state index contributed by atoms with van der Waals surface area (Å²) in [5, 5.41) is 17.6. The molecule has 8 heteroatoms. The maximum absolute atomic E-state index is 13.3. The number of anilines is 2. The van der Waals surface area contributed by atoms with Crippen molar-refractivity contribution in [1.29, 1.82) is 0 Å². The van der Waals surface area contributed by atoms with E-state index >= 15 is 0 Å². The number of benzene rings is 3. The van der Waals surface area contributed by atoms with Gasteiger partial charge in [0, 0.05) is 49.6 Å². The second-order valence-corrected chi connectivity index (χ2v) is 10.1. The van der Waals surface area contributed by atoms with E-state index in [2.05, 4.69) is 58.3 Å². The van der Waals surface area contributed by atoms with Crippen LogP contribution in [0.2, 0.25) is 0 Å². The van der Waals surface area contributed by atoms with Crippen molar-refractivity contribution in [3.63, 3.8) is 0 Å². The van der Waals surface area contributed by atoms with Crippen molar-refractivity contribution in [2.45, 2.75) is 38.9 Å². The number of aromatic nitrogens is 3. The molecule has 5 rings (SSSR count). The molecular formula is C30H36N6O2. The molecule has 3 aromatic carbocycles. The molecule has 0 bridgehead atoms. The number of hydrogen-bond acceptors (Lipinski definition) is 6. The first kappa shape index (κ1) is 25.6. The van der Waals surface area contributed by atoms with E-state index < -0.39 is 0 Å². The minimum atomic E-state index is -0.145. The van der Waals surface area contributed by atoms with Gasteiger partial charge in [0.15, 0.2) is 0 Å². The number of hydrogen-bond donors (Lipinski definition) is 2. The van der Waals surface area contributed by atoms with E-state index in [0.717, 1.165) is 43.2 Å². The maximum atomic E-state index is 13.3. The monoisotopic (exact) mass is 512 g/mol. The topological polar surface area (TPSA) is 78.6 Å². The van der Waals surface area contributed by atoms with Gasteiger partial charge in [-0.05, 0) is 74.9 Å². The zero-order valence-corrected chi connectivity index (χ0v) is 22.2. The van der Waals surface area contributed by atoms with Crippen molar-refractivity contribution in [2.75, 3.05) is 36.0 Å². The molecule has 2 N–H and O–H groups in total.